The number of carbonyl (C=O) groups excluding carboxylic acids is 2. The van der Waals surface area contributed by atoms with Gasteiger partial charge in [-0.2, -0.15) is 0 Å². The molecule has 5 nitrogen and oxygen atoms in total. The number of amides is 2. The molecule has 0 aliphatic rings. The van der Waals surface area contributed by atoms with Crippen LogP contribution in [0, 0.1) is 6.92 Å². The molecule has 3 aromatic carbocycles. The molecule has 2 amide bonds. The first-order valence-electron chi connectivity index (χ1n) is 10.6. The predicted octanol–water partition coefficient (Wildman–Crippen LogP) is 6.54. The maximum Gasteiger partial charge on any atom is 0.262 e. The number of aryl methyl sites for hydroxylation is 1. The zero-order valence-electron chi connectivity index (χ0n) is 18.4. The lowest BCUT2D eigenvalue weighted by Crippen LogP contribution is -2.20. The van der Waals surface area contributed by atoms with E-state index in [1.807, 2.05) is 43.3 Å². The molecular formula is C26H27BrN2O3. The fourth-order valence-electron chi connectivity index (χ4n) is 3.14. The minimum atomic E-state index is -0.264. The summed E-state index contributed by atoms with van der Waals surface area (Å²) < 4.78 is 6.49. The van der Waals surface area contributed by atoms with E-state index in [4.69, 9.17) is 4.74 Å². The number of anilines is 2. The molecular weight excluding hydrogens is 468 g/mol. The summed E-state index contributed by atoms with van der Waals surface area (Å²) in [5.74, 6) is 0.651. The SMILES string of the molecule is CCC(C)c1ccc(OCC(=O)Nc2ccc(NC(=O)c3cccc(C)c3)cc2)c(Br)c1. The number of hydrogen-bond donors (Lipinski definition) is 2. The second-order valence-corrected chi connectivity index (χ2v) is 8.59. The summed E-state index contributed by atoms with van der Waals surface area (Å²) in [5, 5.41) is 5.65. The van der Waals surface area contributed by atoms with Crippen molar-refractivity contribution in [2.45, 2.75) is 33.1 Å². The van der Waals surface area contributed by atoms with Crippen LogP contribution >= 0.6 is 15.9 Å². The van der Waals surface area contributed by atoms with Crippen LogP contribution in [0.5, 0.6) is 5.75 Å². The topological polar surface area (TPSA) is 67.4 Å². The number of rotatable bonds is 8. The third kappa shape index (κ3) is 6.44. The summed E-state index contributed by atoms with van der Waals surface area (Å²) in [7, 11) is 0. The van der Waals surface area contributed by atoms with Gasteiger partial charge in [0.2, 0.25) is 0 Å². The highest BCUT2D eigenvalue weighted by Gasteiger charge is 2.10. The van der Waals surface area contributed by atoms with Gasteiger partial charge in [0.1, 0.15) is 5.75 Å². The summed E-state index contributed by atoms with van der Waals surface area (Å²) in [6, 6.07) is 20.3. The number of nitrogens with one attached hydrogen (secondary N) is 2. The van der Waals surface area contributed by atoms with Gasteiger partial charge >= 0.3 is 0 Å². The molecule has 32 heavy (non-hydrogen) atoms. The first-order chi connectivity index (χ1) is 15.4. The van der Waals surface area contributed by atoms with Crippen molar-refractivity contribution in [2.24, 2.45) is 0 Å². The Balaban J connectivity index is 1.52. The maximum absolute atomic E-state index is 12.4. The van der Waals surface area contributed by atoms with Crippen molar-refractivity contribution in [3.05, 3.63) is 87.9 Å². The molecule has 0 bridgehead atoms. The second kappa shape index (κ2) is 11.0. The van der Waals surface area contributed by atoms with Crippen LogP contribution in [0.1, 0.15) is 47.7 Å². The van der Waals surface area contributed by atoms with Crippen molar-refractivity contribution in [2.75, 3.05) is 17.2 Å². The van der Waals surface area contributed by atoms with E-state index in [1.54, 1.807) is 30.3 Å². The molecule has 0 saturated carbocycles. The van der Waals surface area contributed by atoms with Gasteiger partial charge in [0, 0.05) is 16.9 Å². The van der Waals surface area contributed by atoms with Gasteiger partial charge in [-0.3, -0.25) is 9.59 Å². The van der Waals surface area contributed by atoms with Gasteiger partial charge in [0.15, 0.2) is 6.61 Å². The largest absolute Gasteiger partial charge is 0.483 e. The second-order valence-electron chi connectivity index (χ2n) is 7.74. The Morgan fingerprint density at radius 1 is 0.969 bits per heavy atom. The van der Waals surface area contributed by atoms with Crippen molar-refractivity contribution >= 4 is 39.1 Å². The number of carbonyl (C=O) groups is 2. The average Bonchev–Trinajstić information content (AvgIpc) is 2.79. The molecule has 6 heteroatoms. The smallest absolute Gasteiger partial charge is 0.262 e. The van der Waals surface area contributed by atoms with E-state index in [1.165, 1.54) is 5.56 Å². The van der Waals surface area contributed by atoms with E-state index in [2.05, 4.69) is 40.4 Å². The lowest BCUT2D eigenvalue weighted by molar-refractivity contribution is -0.118. The molecule has 0 saturated heterocycles. The van der Waals surface area contributed by atoms with Crippen LogP contribution in [0.2, 0.25) is 0 Å². The maximum atomic E-state index is 12.4. The van der Waals surface area contributed by atoms with Gasteiger partial charge in [-0.25, -0.2) is 0 Å². The first kappa shape index (κ1) is 23.5. The van der Waals surface area contributed by atoms with Crippen LogP contribution in [0.4, 0.5) is 11.4 Å². The highest BCUT2D eigenvalue weighted by atomic mass is 79.9. The molecule has 0 fully saturated rings. The highest BCUT2D eigenvalue weighted by Crippen LogP contribution is 2.30. The van der Waals surface area contributed by atoms with Crippen LogP contribution in [0.15, 0.2) is 71.2 Å². The molecule has 0 spiro atoms. The van der Waals surface area contributed by atoms with Gasteiger partial charge in [0.05, 0.1) is 4.47 Å². The molecule has 166 valence electrons. The Hall–Kier alpha value is -3.12. The molecule has 0 aliphatic heterocycles. The Kier molecular flexibility index (Phi) is 8.06. The van der Waals surface area contributed by atoms with Gasteiger partial charge in [-0.15, -0.1) is 0 Å². The lowest BCUT2D eigenvalue weighted by atomic mass is 9.99. The van der Waals surface area contributed by atoms with Crippen molar-refractivity contribution in [1.82, 2.24) is 0 Å². The summed E-state index contributed by atoms with van der Waals surface area (Å²) >= 11 is 3.52. The molecule has 0 aliphatic carbocycles. The van der Waals surface area contributed by atoms with Crippen molar-refractivity contribution in [3.8, 4) is 5.75 Å². The lowest BCUT2D eigenvalue weighted by Gasteiger charge is -2.13. The average molecular weight is 495 g/mol. The summed E-state index contributed by atoms with van der Waals surface area (Å²) in [6.07, 6.45) is 1.06. The third-order valence-corrected chi connectivity index (χ3v) is 5.82. The third-order valence-electron chi connectivity index (χ3n) is 5.20. The molecule has 2 N–H and O–H groups in total. The minimum absolute atomic E-state index is 0.104. The van der Waals surface area contributed by atoms with Crippen LogP contribution < -0.4 is 15.4 Å². The number of benzene rings is 3. The predicted molar refractivity (Wildman–Crippen MR) is 133 cm³/mol. The Morgan fingerprint density at radius 2 is 1.66 bits per heavy atom. The van der Waals surface area contributed by atoms with Crippen LogP contribution in [-0.4, -0.2) is 18.4 Å². The first-order valence-corrected chi connectivity index (χ1v) is 11.3. The molecule has 0 heterocycles. The number of hydrogen-bond acceptors (Lipinski definition) is 3. The van der Waals surface area contributed by atoms with E-state index in [9.17, 15) is 9.59 Å². The van der Waals surface area contributed by atoms with Crippen LogP contribution in [0.3, 0.4) is 0 Å². The van der Waals surface area contributed by atoms with Gasteiger partial charge in [-0.05, 0) is 89.3 Å². The van der Waals surface area contributed by atoms with E-state index in [0.717, 1.165) is 16.5 Å². The van der Waals surface area contributed by atoms with E-state index in [-0.39, 0.29) is 18.4 Å². The van der Waals surface area contributed by atoms with Crippen molar-refractivity contribution in [3.63, 3.8) is 0 Å². The van der Waals surface area contributed by atoms with Gasteiger partial charge in [0.25, 0.3) is 11.8 Å². The zero-order valence-corrected chi connectivity index (χ0v) is 20.0. The molecule has 1 atom stereocenters. The molecule has 1 unspecified atom stereocenters. The van der Waals surface area contributed by atoms with Crippen LogP contribution in [-0.2, 0) is 4.79 Å². The summed E-state index contributed by atoms with van der Waals surface area (Å²) in [6.45, 7) is 6.17. The molecule has 0 aromatic heterocycles. The van der Waals surface area contributed by atoms with Crippen molar-refractivity contribution in [1.29, 1.82) is 0 Å². The zero-order chi connectivity index (χ0) is 23.1. The van der Waals surface area contributed by atoms with Gasteiger partial charge in [-0.1, -0.05) is 37.6 Å². The highest BCUT2D eigenvalue weighted by molar-refractivity contribution is 9.10. The van der Waals surface area contributed by atoms with E-state index < -0.39 is 0 Å². The fourth-order valence-corrected chi connectivity index (χ4v) is 3.65. The Morgan fingerprint density at radius 3 is 2.28 bits per heavy atom. The number of halogens is 1. The Labute approximate surface area is 197 Å². The van der Waals surface area contributed by atoms with E-state index in [0.29, 0.717) is 28.6 Å². The van der Waals surface area contributed by atoms with Crippen LogP contribution in [0.25, 0.3) is 0 Å². The Bertz CT molecular complexity index is 1100. The normalized spacial score (nSPS) is 11.5. The van der Waals surface area contributed by atoms with E-state index >= 15 is 0 Å². The monoisotopic (exact) mass is 494 g/mol. The molecule has 0 radical (unpaired) electrons. The summed E-state index contributed by atoms with van der Waals surface area (Å²) in [5.41, 5.74) is 4.12. The standard InChI is InChI=1S/C26H27BrN2O3/c1-4-18(3)19-8-13-24(23(27)15-19)32-16-25(30)28-21-9-11-22(12-10-21)29-26(31)20-7-5-6-17(2)14-20/h5-15,18H,4,16H2,1-3H3,(H,28,30)(H,29,31). The van der Waals surface area contributed by atoms with Crippen molar-refractivity contribution < 1.29 is 14.3 Å². The number of ether oxygens (including phenoxy) is 1. The molecule has 3 rings (SSSR count). The summed E-state index contributed by atoms with van der Waals surface area (Å²) in [4.78, 5) is 24.6. The fraction of sp³-hybridized carbons (Fsp3) is 0.231. The van der Waals surface area contributed by atoms with Gasteiger partial charge < -0.3 is 15.4 Å². The minimum Gasteiger partial charge on any atom is -0.483 e. The molecule has 3 aromatic rings. The quantitative estimate of drug-likeness (QED) is 0.373.